The molecule has 1 amide bonds. The minimum absolute atomic E-state index is 0.0963. The highest BCUT2D eigenvalue weighted by Crippen LogP contribution is 2.14. The van der Waals surface area contributed by atoms with E-state index in [1.54, 1.807) is 23.7 Å². The van der Waals surface area contributed by atoms with Crippen LogP contribution >= 0.6 is 11.8 Å². The monoisotopic (exact) mass is 290 g/mol. The number of hydrogen-bond donors (Lipinski definition) is 1. The Hall–Kier alpha value is -1.82. The van der Waals surface area contributed by atoms with E-state index in [2.05, 4.69) is 40.3 Å². The predicted octanol–water partition coefficient (Wildman–Crippen LogP) is 2.00. The first kappa shape index (κ1) is 14.6. The number of H-pyrrole nitrogens is 1. The zero-order valence-corrected chi connectivity index (χ0v) is 12.5. The number of carbonyl (C=O) groups is 1. The Morgan fingerprint density at radius 2 is 2.30 bits per heavy atom. The minimum Gasteiger partial charge on any atom is -0.338 e. The topological polar surface area (TPSA) is 61.9 Å². The molecule has 0 saturated heterocycles. The average molecular weight is 290 g/mol. The van der Waals surface area contributed by atoms with E-state index < -0.39 is 0 Å². The number of aromatic nitrogens is 3. The summed E-state index contributed by atoms with van der Waals surface area (Å²) >= 11 is 1.63. The van der Waals surface area contributed by atoms with Crippen molar-refractivity contribution >= 4 is 17.7 Å². The van der Waals surface area contributed by atoms with Crippen molar-refractivity contribution in [1.82, 2.24) is 20.1 Å². The second-order valence-corrected chi connectivity index (χ2v) is 5.65. The second kappa shape index (κ2) is 7.09. The van der Waals surface area contributed by atoms with Crippen molar-refractivity contribution in [3.63, 3.8) is 0 Å². The standard InChI is InChI=1S/C14H18N4OS/c1-11-4-3-5-12(6-11)8-20-9-14(19)18(2)7-13-15-10-16-17-13/h3-6,10H,7-9H2,1-2H3,(H,15,16,17). The second-order valence-electron chi connectivity index (χ2n) is 4.66. The fraction of sp³-hybridized carbons (Fsp3) is 0.357. The smallest absolute Gasteiger partial charge is 0.232 e. The lowest BCUT2D eigenvalue weighted by Gasteiger charge is -2.15. The lowest BCUT2D eigenvalue weighted by Crippen LogP contribution is -2.28. The number of hydrogen-bond acceptors (Lipinski definition) is 4. The van der Waals surface area contributed by atoms with E-state index in [9.17, 15) is 4.79 Å². The highest BCUT2D eigenvalue weighted by molar-refractivity contribution is 7.99. The summed E-state index contributed by atoms with van der Waals surface area (Å²) in [4.78, 5) is 17.6. The fourth-order valence-electron chi connectivity index (χ4n) is 1.79. The first-order valence-electron chi connectivity index (χ1n) is 6.36. The lowest BCUT2D eigenvalue weighted by atomic mass is 10.2. The maximum Gasteiger partial charge on any atom is 0.232 e. The molecular weight excluding hydrogens is 272 g/mol. The molecule has 6 heteroatoms. The van der Waals surface area contributed by atoms with Gasteiger partial charge in [-0.2, -0.15) is 5.10 Å². The molecule has 0 fully saturated rings. The quantitative estimate of drug-likeness (QED) is 0.884. The van der Waals surface area contributed by atoms with Crippen LogP contribution in [0.2, 0.25) is 0 Å². The minimum atomic E-state index is 0.0963. The van der Waals surface area contributed by atoms with Gasteiger partial charge in [0, 0.05) is 12.8 Å². The third kappa shape index (κ3) is 4.38. The van der Waals surface area contributed by atoms with Gasteiger partial charge >= 0.3 is 0 Å². The molecule has 2 aromatic rings. The van der Waals surface area contributed by atoms with Crippen molar-refractivity contribution in [1.29, 1.82) is 0 Å². The van der Waals surface area contributed by atoms with Crippen LogP contribution in [-0.4, -0.2) is 38.8 Å². The normalized spacial score (nSPS) is 10.5. The van der Waals surface area contributed by atoms with Gasteiger partial charge in [0.05, 0.1) is 12.3 Å². The zero-order valence-electron chi connectivity index (χ0n) is 11.7. The number of nitrogens with zero attached hydrogens (tertiary/aromatic N) is 3. The van der Waals surface area contributed by atoms with Crippen molar-refractivity contribution < 1.29 is 4.79 Å². The van der Waals surface area contributed by atoms with Crippen molar-refractivity contribution in [2.45, 2.75) is 19.2 Å². The van der Waals surface area contributed by atoms with Crippen LogP contribution in [0.25, 0.3) is 0 Å². The highest BCUT2D eigenvalue weighted by atomic mass is 32.2. The summed E-state index contributed by atoms with van der Waals surface area (Å²) in [5, 5.41) is 6.51. The number of aromatic amines is 1. The van der Waals surface area contributed by atoms with Crippen LogP contribution in [0.3, 0.4) is 0 Å². The first-order chi connectivity index (χ1) is 9.65. The molecule has 0 radical (unpaired) electrons. The van der Waals surface area contributed by atoms with Crippen LogP contribution in [-0.2, 0) is 17.1 Å². The van der Waals surface area contributed by atoms with Gasteiger partial charge < -0.3 is 4.90 Å². The summed E-state index contributed by atoms with van der Waals surface area (Å²) in [5.41, 5.74) is 2.50. The highest BCUT2D eigenvalue weighted by Gasteiger charge is 2.10. The van der Waals surface area contributed by atoms with Crippen LogP contribution in [0, 0.1) is 6.92 Å². The zero-order chi connectivity index (χ0) is 14.4. The van der Waals surface area contributed by atoms with Crippen molar-refractivity contribution in [3.8, 4) is 0 Å². The van der Waals surface area contributed by atoms with Crippen LogP contribution in [0.15, 0.2) is 30.6 Å². The number of aryl methyl sites for hydroxylation is 1. The molecule has 1 aromatic carbocycles. The van der Waals surface area contributed by atoms with Gasteiger partial charge in [0.25, 0.3) is 0 Å². The summed E-state index contributed by atoms with van der Waals surface area (Å²) in [6, 6.07) is 8.35. The molecule has 1 heterocycles. The van der Waals surface area contributed by atoms with Crippen molar-refractivity contribution in [3.05, 3.63) is 47.5 Å². The molecule has 0 saturated carbocycles. The number of rotatable bonds is 6. The molecule has 0 spiro atoms. The SMILES string of the molecule is Cc1cccc(CSCC(=O)N(C)Cc2ncn[nH]2)c1. The molecule has 0 unspecified atom stereocenters. The van der Waals surface area contributed by atoms with Crippen LogP contribution in [0.1, 0.15) is 17.0 Å². The van der Waals surface area contributed by atoms with E-state index in [1.807, 2.05) is 6.07 Å². The summed E-state index contributed by atoms with van der Waals surface area (Å²) in [7, 11) is 1.78. The Bertz CT molecular complexity index is 556. The predicted molar refractivity (Wildman–Crippen MR) is 80.2 cm³/mol. The third-order valence-electron chi connectivity index (χ3n) is 2.85. The van der Waals surface area contributed by atoms with Gasteiger partial charge in [0.2, 0.25) is 5.91 Å². The molecule has 20 heavy (non-hydrogen) atoms. The van der Waals surface area contributed by atoms with E-state index in [0.29, 0.717) is 18.1 Å². The van der Waals surface area contributed by atoms with Crippen molar-refractivity contribution in [2.24, 2.45) is 0 Å². The van der Waals surface area contributed by atoms with E-state index in [0.717, 1.165) is 5.75 Å². The Balaban J connectivity index is 1.74. The molecule has 0 aliphatic heterocycles. The maximum absolute atomic E-state index is 12.0. The van der Waals surface area contributed by atoms with Gasteiger partial charge in [-0.15, -0.1) is 11.8 Å². The van der Waals surface area contributed by atoms with Gasteiger partial charge in [-0.05, 0) is 12.5 Å². The van der Waals surface area contributed by atoms with Crippen LogP contribution in [0.4, 0.5) is 0 Å². The molecule has 5 nitrogen and oxygen atoms in total. The largest absolute Gasteiger partial charge is 0.338 e. The average Bonchev–Trinajstić information content (AvgIpc) is 2.91. The fourth-order valence-corrected chi connectivity index (χ4v) is 2.70. The van der Waals surface area contributed by atoms with Crippen molar-refractivity contribution in [2.75, 3.05) is 12.8 Å². The number of carbonyl (C=O) groups excluding carboxylic acids is 1. The van der Waals surface area contributed by atoms with E-state index in [-0.39, 0.29) is 5.91 Å². The summed E-state index contributed by atoms with van der Waals surface area (Å²) in [6.07, 6.45) is 1.44. The molecule has 0 aliphatic carbocycles. The Kier molecular flexibility index (Phi) is 5.17. The van der Waals surface area contributed by atoms with E-state index in [1.165, 1.54) is 17.5 Å². The van der Waals surface area contributed by atoms with Gasteiger partial charge in [-0.25, -0.2) is 4.98 Å². The van der Waals surface area contributed by atoms with E-state index in [4.69, 9.17) is 0 Å². The van der Waals surface area contributed by atoms with Crippen LogP contribution < -0.4 is 0 Å². The molecule has 0 atom stereocenters. The van der Waals surface area contributed by atoms with E-state index >= 15 is 0 Å². The first-order valence-corrected chi connectivity index (χ1v) is 7.52. The summed E-state index contributed by atoms with van der Waals surface area (Å²) in [6.45, 7) is 2.54. The van der Waals surface area contributed by atoms with Gasteiger partial charge in [-0.1, -0.05) is 29.8 Å². The molecule has 1 N–H and O–H groups in total. The third-order valence-corrected chi connectivity index (χ3v) is 3.84. The molecule has 0 aliphatic rings. The number of amides is 1. The Morgan fingerprint density at radius 3 is 3.00 bits per heavy atom. The number of benzene rings is 1. The lowest BCUT2D eigenvalue weighted by molar-refractivity contribution is -0.127. The molecule has 1 aromatic heterocycles. The maximum atomic E-state index is 12.0. The summed E-state index contributed by atoms with van der Waals surface area (Å²) < 4.78 is 0. The Labute approximate surface area is 122 Å². The number of nitrogens with one attached hydrogen (secondary N) is 1. The van der Waals surface area contributed by atoms with Crippen LogP contribution in [0.5, 0.6) is 0 Å². The summed E-state index contributed by atoms with van der Waals surface area (Å²) in [5.74, 6) is 2.12. The molecule has 2 rings (SSSR count). The van der Waals surface area contributed by atoms with Gasteiger partial charge in [-0.3, -0.25) is 9.89 Å². The van der Waals surface area contributed by atoms with Gasteiger partial charge in [0.1, 0.15) is 12.2 Å². The number of thioether (sulfide) groups is 1. The van der Waals surface area contributed by atoms with Gasteiger partial charge in [0.15, 0.2) is 0 Å². The molecule has 106 valence electrons. The Morgan fingerprint density at radius 1 is 1.45 bits per heavy atom. The molecule has 0 bridgehead atoms. The molecular formula is C14H18N4OS.